The van der Waals surface area contributed by atoms with Crippen molar-refractivity contribution in [1.29, 1.82) is 0 Å². The third kappa shape index (κ3) is 4.31. The second-order valence-corrected chi connectivity index (χ2v) is 7.18. The van der Waals surface area contributed by atoms with Crippen LogP contribution in [0.15, 0.2) is 59.4 Å². The minimum absolute atomic E-state index is 0.294. The van der Waals surface area contributed by atoms with Gasteiger partial charge in [-0.25, -0.2) is 4.68 Å². The van der Waals surface area contributed by atoms with Gasteiger partial charge in [0.15, 0.2) is 0 Å². The van der Waals surface area contributed by atoms with Crippen LogP contribution in [0.5, 0.6) is 0 Å². The molecule has 0 aliphatic rings. The predicted molar refractivity (Wildman–Crippen MR) is 113 cm³/mol. The molecule has 1 heterocycles. The maximum atomic E-state index is 12.8. The smallest absolute Gasteiger partial charge is 0.267 e. The van der Waals surface area contributed by atoms with Gasteiger partial charge in [-0.15, -0.1) is 0 Å². The van der Waals surface area contributed by atoms with Gasteiger partial charge in [0, 0.05) is 22.3 Å². The quantitative estimate of drug-likeness (QED) is 0.676. The Morgan fingerprint density at radius 2 is 1.82 bits per heavy atom. The molecule has 144 valence electrons. The van der Waals surface area contributed by atoms with E-state index >= 15 is 0 Å². The number of carbonyl (C=O) groups is 1. The molecule has 0 fully saturated rings. The van der Waals surface area contributed by atoms with E-state index in [1.54, 1.807) is 30.3 Å². The fraction of sp³-hybridized carbons (Fsp3) is 0.227. The molecule has 0 spiro atoms. The molecular weight excluding hydrogens is 374 g/mol. The lowest BCUT2D eigenvalue weighted by molar-refractivity contribution is -0.119. The highest BCUT2D eigenvalue weighted by atomic mass is 35.5. The number of carbonyl (C=O) groups excluding carboxylic acids is 1. The SMILES string of the molecule is CCC(C(=O)Nc1ccc(Cl)cc1)n1nc(-c2cc(C)ccc2C)ccc1=O. The molecular formula is C22H22ClN3O2. The summed E-state index contributed by atoms with van der Waals surface area (Å²) < 4.78 is 1.27. The van der Waals surface area contributed by atoms with Crippen molar-refractivity contribution in [2.24, 2.45) is 0 Å². The number of aryl methyl sites for hydroxylation is 2. The Morgan fingerprint density at radius 1 is 1.11 bits per heavy atom. The number of nitrogens with one attached hydrogen (secondary N) is 1. The van der Waals surface area contributed by atoms with Crippen LogP contribution >= 0.6 is 11.6 Å². The molecule has 0 bridgehead atoms. The molecule has 1 atom stereocenters. The lowest BCUT2D eigenvalue weighted by Crippen LogP contribution is -2.34. The summed E-state index contributed by atoms with van der Waals surface area (Å²) in [7, 11) is 0. The first-order chi connectivity index (χ1) is 13.4. The number of aromatic nitrogens is 2. The van der Waals surface area contributed by atoms with Crippen molar-refractivity contribution in [2.45, 2.75) is 33.2 Å². The summed E-state index contributed by atoms with van der Waals surface area (Å²) in [6.45, 7) is 5.86. The Hall–Kier alpha value is -2.92. The molecule has 28 heavy (non-hydrogen) atoms. The third-order valence-corrected chi connectivity index (χ3v) is 4.84. The summed E-state index contributed by atoms with van der Waals surface area (Å²) >= 11 is 5.89. The lowest BCUT2D eigenvalue weighted by atomic mass is 10.0. The lowest BCUT2D eigenvalue weighted by Gasteiger charge is -2.18. The molecule has 3 aromatic rings. The number of benzene rings is 2. The number of anilines is 1. The maximum Gasteiger partial charge on any atom is 0.267 e. The molecule has 0 aliphatic carbocycles. The van der Waals surface area contributed by atoms with Crippen molar-refractivity contribution < 1.29 is 4.79 Å². The van der Waals surface area contributed by atoms with E-state index in [0.29, 0.717) is 22.8 Å². The number of hydrogen-bond donors (Lipinski definition) is 1. The van der Waals surface area contributed by atoms with Gasteiger partial charge < -0.3 is 5.32 Å². The molecule has 3 rings (SSSR count). The first-order valence-electron chi connectivity index (χ1n) is 9.13. The van der Waals surface area contributed by atoms with Crippen molar-refractivity contribution in [1.82, 2.24) is 9.78 Å². The molecule has 0 saturated heterocycles. The highest BCUT2D eigenvalue weighted by Crippen LogP contribution is 2.23. The van der Waals surface area contributed by atoms with E-state index in [1.165, 1.54) is 10.7 Å². The molecule has 1 N–H and O–H groups in total. The minimum Gasteiger partial charge on any atom is -0.324 e. The largest absolute Gasteiger partial charge is 0.324 e. The van der Waals surface area contributed by atoms with E-state index in [1.807, 2.05) is 39.0 Å². The van der Waals surface area contributed by atoms with Crippen LogP contribution in [-0.2, 0) is 4.79 Å². The minimum atomic E-state index is -0.715. The van der Waals surface area contributed by atoms with Gasteiger partial charge in [0.25, 0.3) is 5.56 Å². The van der Waals surface area contributed by atoms with Crippen LogP contribution in [0.1, 0.15) is 30.5 Å². The summed E-state index contributed by atoms with van der Waals surface area (Å²) in [4.78, 5) is 25.3. The summed E-state index contributed by atoms with van der Waals surface area (Å²) in [6.07, 6.45) is 0.433. The van der Waals surface area contributed by atoms with Gasteiger partial charge in [-0.2, -0.15) is 5.10 Å². The Morgan fingerprint density at radius 3 is 2.50 bits per heavy atom. The second kappa shape index (κ2) is 8.40. The monoisotopic (exact) mass is 395 g/mol. The second-order valence-electron chi connectivity index (χ2n) is 6.74. The number of nitrogens with zero attached hydrogens (tertiary/aromatic N) is 2. The van der Waals surface area contributed by atoms with Crippen LogP contribution in [0, 0.1) is 13.8 Å². The van der Waals surface area contributed by atoms with Crippen LogP contribution in [-0.4, -0.2) is 15.7 Å². The molecule has 2 aromatic carbocycles. The third-order valence-electron chi connectivity index (χ3n) is 4.59. The number of halogens is 1. The molecule has 5 nitrogen and oxygen atoms in total. The highest BCUT2D eigenvalue weighted by molar-refractivity contribution is 6.30. The zero-order valence-corrected chi connectivity index (χ0v) is 16.8. The van der Waals surface area contributed by atoms with Crippen molar-refractivity contribution in [3.05, 3.63) is 81.1 Å². The van der Waals surface area contributed by atoms with Crippen LogP contribution in [0.2, 0.25) is 5.02 Å². The van der Waals surface area contributed by atoms with Gasteiger partial charge >= 0.3 is 0 Å². The number of hydrogen-bond acceptors (Lipinski definition) is 3. The Labute approximate surface area is 169 Å². The van der Waals surface area contributed by atoms with Crippen LogP contribution in [0.25, 0.3) is 11.3 Å². The Bertz CT molecular complexity index is 1060. The maximum absolute atomic E-state index is 12.8. The van der Waals surface area contributed by atoms with Crippen molar-refractivity contribution in [3.8, 4) is 11.3 Å². The molecule has 0 aliphatic heterocycles. The number of rotatable bonds is 5. The average molecular weight is 396 g/mol. The van der Waals surface area contributed by atoms with Crippen LogP contribution in [0.3, 0.4) is 0 Å². The van der Waals surface area contributed by atoms with E-state index in [0.717, 1.165) is 16.7 Å². The molecule has 1 amide bonds. The highest BCUT2D eigenvalue weighted by Gasteiger charge is 2.21. The van der Waals surface area contributed by atoms with E-state index in [9.17, 15) is 9.59 Å². The molecule has 1 unspecified atom stereocenters. The van der Waals surface area contributed by atoms with E-state index in [4.69, 9.17) is 11.6 Å². The Kier molecular flexibility index (Phi) is 5.95. The standard InChI is InChI=1S/C22H22ClN3O2/c1-4-20(22(28)24-17-9-7-16(23)8-10-17)26-21(27)12-11-19(25-26)18-13-14(2)5-6-15(18)3/h5-13,20H,4H2,1-3H3,(H,24,28). The fourth-order valence-corrected chi connectivity index (χ4v) is 3.16. The predicted octanol–water partition coefficient (Wildman–Crippen LogP) is 4.77. The topological polar surface area (TPSA) is 64.0 Å². The van der Waals surface area contributed by atoms with Crippen LogP contribution < -0.4 is 10.9 Å². The summed E-state index contributed by atoms with van der Waals surface area (Å²) in [5.41, 5.74) is 4.08. The average Bonchev–Trinajstić information content (AvgIpc) is 2.67. The van der Waals surface area contributed by atoms with Gasteiger partial charge in [0.2, 0.25) is 5.91 Å². The van der Waals surface area contributed by atoms with Gasteiger partial charge in [0.1, 0.15) is 6.04 Å². The number of amides is 1. The van der Waals surface area contributed by atoms with Gasteiger partial charge in [0.05, 0.1) is 5.69 Å². The summed E-state index contributed by atoms with van der Waals surface area (Å²) in [6, 6.07) is 15.4. The van der Waals surface area contributed by atoms with Crippen molar-refractivity contribution >= 4 is 23.2 Å². The zero-order chi connectivity index (χ0) is 20.3. The van der Waals surface area contributed by atoms with Crippen LogP contribution in [0.4, 0.5) is 5.69 Å². The first kappa shape index (κ1) is 19.8. The van der Waals surface area contributed by atoms with E-state index in [2.05, 4.69) is 10.4 Å². The fourth-order valence-electron chi connectivity index (χ4n) is 3.03. The Balaban J connectivity index is 1.96. The summed E-state index contributed by atoms with van der Waals surface area (Å²) in [5, 5.41) is 7.93. The first-order valence-corrected chi connectivity index (χ1v) is 9.50. The van der Waals surface area contributed by atoms with Gasteiger partial charge in [-0.3, -0.25) is 9.59 Å². The van der Waals surface area contributed by atoms with E-state index in [-0.39, 0.29) is 11.5 Å². The normalized spacial score (nSPS) is 11.9. The molecule has 0 saturated carbocycles. The van der Waals surface area contributed by atoms with E-state index < -0.39 is 6.04 Å². The van der Waals surface area contributed by atoms with Crippen molar-refractivity contribution in [3.63, 3.8) is 0 Å². The van der Waals surface area contributed by atoms with Gasteiger partial charge in [-0.1, -0.05) is 36.2 Å². The van der Waals surface area contributed by atoms with Crippen molar-refractivity contribution in [2.75, 3.05) is 5.32 Å². The van der Waals surface area contributed by atoms with Gasteiger partial charge in [-0.05, 0) is 62.2 Å². The molecule has 0 radical (unpaired) electrons. The summed E-state index contributed by atoms with van der Waals surface area (Å²) in [5.74, 6) is -0.294. The molecule has 6 heteroatoms. The zero-order valence-electron chi connectivity index (χ0n) is 16.1. The molecule has 1 aromatic heterocycles.